The van der Waals surface area contributed by atoms with Crippen molar-refractivity contribution in [2.24, 2.45) is 0 Å². The standard InChI is InChI=1S/C21H18ClN3O3/c22-16-2-1-3-18(10-16)28-13-14-4-8-19(23-11-14)24-21(27)15-5-9-20(26)25(12-15)17-6-7-17/h1-5,8-12,17H,6-7,13H2,(H,23,24,27). The summed E-state index contributed by atoms with van der Waals surface area (Å²) < 4.78 is 7.30. The molecule has 0 atom stereocenters. The van der Waals surface area contributed by atoms with Crippen LogP contribution in [0.5, 0.6) is 5.75 Å². The zero-order valence-electron chi connectivity index (χ0n) is 15.0. The number of aromatic nitrogens is 2. The highest BCUT2D eigenvalue weighted by atomic mass is 35.5. The summed E-state index contributed by atoms with van der Waals surface area (Å²) in [6.07, 6.45) is 5.21. The molecule has 1 aliphatic carbocycles. The Kier molecular flexibility index (Phi) is 5.12. The molecule has 0 saturated heterocycles. The third kappa shape index (κ3) is 4.40. The molecule has 0 radical (unpaired) electrons. The molecule has 1 N–H and O–H groups in total. The van der Waals surface area contributed by atoms with Crippen LogP contribution in [-0.2, 0) is 6.61 Å². The predicted octanol–water partition coefficient (Wildman–Crippen LogP) is 4.06. The van der Waals surface area contributed by atoms with Gasteiger partial charge in [0.05, 0.1) is 5.56 Å². The van der Waals surface area contributed by atoms with E-state index in [4.69, 9.17) is 16.3 Å². The van der Waals surface area contributed by atoms with Crippen LogP contribution >= 0.6 is 11.6 Å². The summed E-state index contributed by atoms with van der Waals surface area (Å²) in [4.78, 5) is 28.6. The number of nitrogens with zero attached hydrogens (tertiary/aromatic N) is 2. The van der Waals surface area contributed by atoms with Crippen LogP contribution in [-0.4, -0.2) is 15.5 Å². The van der Waals surface area contributed by atoms with Gasteiger partial charge >= 0.3 is 0 Å². The van der Waals surface area contributed by atoms with E-state index in [2.05, 4.69) is 10.3 Å². The highest BCUT2D eigenvalue weighted by Crippen LogP contribution is 2.33. The van der Waals surface area contributed by atoms with Crippen molar-refractivity contribution < 1.29 is 9.53 Å². The fourth-order valence-electron chi connectivity index (χ4n) is 2.77. The third-order valence-corrected chi connectivity index (χ3v) is 4.64. The third-order valence-electron chi connectivity index (χ3n) is 4.41. The molecule has 28 heavy (non-hydrogen) atoms. The predicted molar refractivity (Wildman–Crippen MR) is 107 cm³/mol. The molecule has 0 unspecified atom stereocenters. The molecular formula is C21H18ClN3O3. The van der Waals surface area contributed by atoms with E-state index in [-0.39, 0.29) is 17.5 Å². The summed E-state index contributed by atoms with van der Waals surface area (Å²) in [5.41, 5.74) is 1.21. The second-order valence-electron chi connectivity index (χ2n) is 6.65. The van der Waals surface area contributed by atoms with E-state index >= 15 is 0 Å². The Bertz CT molecular complexity index is 1060. The van der Waals surface area contributed by atoms with E-state index in [1.54, 1.807) is 35.2 Å². The molecule has 0 aliphatic heterocycles. The SMILES string of the molecule is O=C(Nc1ccc(COc2cccc(Cl)c2)cn1)c1ccc(=O)n(C2CC2)c1. The first-order valence-corrected chi connectivity index (χ1v) is 9.33. The molecule has 4 rings (SSSR count). The number of carbonyl (C=O) groups is 1. The molecule has 0 spiro atoms. The summed E-state index contributed by atoms with van der Waals surface area (Å²) in [7, 11) is 0. The lowest BCUT2D eigenvalue weighted by atomic mass is 10.2. The van der Waals surface area contributed by atoms with Crippen LogP contribution in [0.1, 0.15) is 34.8 Å². The Hall–Kier alpha value is -3.12. The number of anilines is 1. The van der Waals surface area contributed by atoms with Gasteiger partial charge in [0.1, 0.15) is 18.2 Å². The van der Waals surface area contributed by atoms with Crippen LogP contribution in [0.2, 0.25) is 5.02 Å². The molecule has 142 valence electrons. The number of benzene rings is 1. The number of ether oxygens (including phenoxy) is 1. The average molecular weight is 396 g/mol. The van der Waals surface area contributed by atoms with Crippen molar-refractivity contribution >= 4 is 23.3 Å². The maximum absolute atomic E-state index is 12.4. The zero-order chi connectivity index (χ0) is 19.5. The van der Waals surface area contributed by atoms with Gasteiger partial charge in [-0.15, -0.1) is 0 Å². The van der Waals surface area contributed by atoms with E-state index < -0.39 is 0 Å². The van der Waals surface area contributed by atoms with E-state index in [0.717, 1.165) is 18.4 Å². The zero-order valence-corrected chi connectivity index (χ0v) is 15.7. The molecule has 1 aliphatic rings. The molecule has 1 amide bonds. The van der Waals surface area contributed by atoms with Crippen molar-refractivity contribution in [3.63, 3.8) is 0 Å². The summed E-state index contributed by atoms with van der Waals surface area (Å²) >= 11 is 5.93. The van der Waals surface area contributed by atoms with E-state index in [9.17, 15) is 9.59 Å². The molecule has 7 heteroatoms. The molecule has 0 bridgehead atoms. The Labute approximate surface area is 166 Å². The minimum absolute atomic E-state index is 0.0822. The quantitative estimate of drug-likeness (QED) is 0.683. The van der Waals surface area contributed by atoms with Gasteiger partial charge in [0.15, 0.2) is 0 Å². The normalized spacial score (nSPS) is 13.2. The first kappa shape index (κ1) is 18.3. The van der Waals surface area contributed by atoms with Gasteiger partial charge in [-0.3, -0.25) is 9.59 Å². The van der Waals surface area contributed by atoms with Crippen LogP contribution in [0.15, 0.2) is 65.7 Å². The summed E-state index contributed by atoms with van der Waals surface area (Å²) in [5.74, 6) is 0.807. The lowest BCUT2D eigenvalue weighted by Gasteiger charge is -2.09. The van der Waals surface area contributed by atoms with Crippen LogP contribution in [0.25, 0.3) is 0 Å². The van der Waals surface area contributed by atoms with E-state index in [1.165, 1.54) is 12.1 Å². The van der Waals surface area contributed by atoms with E-state index in [1.807, 2.05) is 18.2 Å². The van der Waals surface area contributed by atoms with Crippen molar-refractivity contribution in [2.75, 3.05) is 5.32 Å². The van der Waals surface area contributed by atoms with Crippen LogP contribution in [0, 0.1) is 0 Å². The largest absolute Gasteiger partial charge is 0.489 e. The first-order chi connectivity index (χ1) is 13.6. The fraction of sp³-hybridized carbons (Fsp3) is 0.190. The average Bonchev–Trinajstić information content (AvgIpc) is 3.53. The Morgan fingerprint density at radius 1 is 1.21 bits per heavy atom. The van der Waals surface area contributed by atoms with Crippen molar-refractivity contribution in [1.29, 1.82) is 0 Å². The van der Waals surface area contributed by atoms with Gasteiger partial charge in [0.2, 0.25) is 0 Å². The van der Waals surface area contributed by atoms with Gasteiger partial charge in [0.25, 0.3) is 11.5 Å². The first-order valence-electron chi connectivity index (χ1n) is 8.95. The molecular weight excluding hydrogens is 378 g/mol. The second kappa shape index (κ2) is 7.86. The minimum Gasteiger partial charge on any atom is -0.489 e. The number of nitrogens with one attached hydrogen (secondary N) is 1. The smallest absolute Gasteiger partial charge is 0.258 e. The van der Waals surface area contributed by atoms with Gasteiger partial charge < -0.3 is 14.6 Å². The van der Waals surface area contributed by atoms with Gasteiger partial charge in [-0.2, -0.15) is 0 Å². The minimum atomic E-state index is -0.301. The van der Waals surface area contributed by atoms with E-state index in [0.29, 0.717) is 28.8 Å². The number of pyridine rings is 2. The number of hydrogen-bond acceptors (Lipinski definition) is 4. The fourth-order valence-corrected chi connectivity index (χ4v) is 2.95. The maximum atomic E-state index is 12.4. The molecule has 2 heterocycles. The topological polar surface area (TPSA) is 73.2 Å². The number of hydrogen-bond donors (Lipinski definition) is 1. The summed E-state index contributed by atoms with van der Waals surface area (Å²) in [6.45, 7) is 0.341. The molecule has 6 nitrogen and oxygen atoms in total. The number of carbonyl (C=O) groups excluding carboxylic acids is 1. The van der Waals surface area contributed by atoms with Crippen molar-refractivity contribution in [2.45, 2.75) is 25.5 Å². The molecule has 3 aromatic rings. The summed E-state index contributed by atoms with van der Waals surface area (Å²) in [5, 5.41) is 3.36. The highest BCUT2D eigenvalue weighted by molar-refractivity contribution is 6.30. The Morgan fingerprint density at radius 2 is 2.07 bits per heavy atom. The number of rotatable bonds is 6. The van der Waals surface area contributed by atoms with Crippen molar-refractivity contribution in [3.05, 3.63) is 87.4 Å². The van der Waals surface area contributed by atoms with Crippen LogP contribution in [0.3, 0.4) is 0 Å². The lowest BCUT2D eigenvalue weighted by molar-refractivity contribution is 0.102. The molecule has 1 fully saturated rings. The monoisotopic (exact) mass is 395 g/mol. The van der Waals surface area contributed by atoms with Crippen LogP contribution in [0.4, 0.5) is 5.82 Å². The van der Waals surface area contributed by atoms with Gasteiger partial charge in [0, 0.05) is 35.1 Å². The highest BCUT2D eigenvalue weighted by Gasteiger charge is 2.25. The second-order valence-corrected chi connectivity index (χ2v) is 7.08. The summed E-state index contributed by atoms with van der Waals surface area (Å²) in [6, 6.07) is 13.9. The van der Waals surface area contributed by atoms with Gasteiger partial charge in [-0.25, -0.2) is 4.98 Å². The van der Waals surface area contributed by atoms with Crippen molar-refractivity contribution in [3.8, 4) is 5.75 Å². The molecule has 1 saturated carbocycles. The Balaban J connectivity index is 1.38. The van der Waals surface area contributed by atoms with Crippen molar-refractivity contribution in [1.82, 2.24) is 9.55 Å². The van der Waals surface area contributed by atoms with Crippen LogP contribution < -0.4 is 15.6 Å². The number of amides is 1. The number of halogens is 1. The molecule has 2 aromatic heterocycles. The van der Waals surface area contributed by atoms with Gasteiger partial charge in [-0.1, -0.05) is 23.7 Å². The Morgan fingerprint density at radius 3 is 2.79 bits per heavy atom. The maximum Gasteiger partial charge on any atom is 0.258 e. The van der Waals surface area contributed by atoms with Gasteiger partial charge in [-0.05, 0) is 43.2 Å². The lowest BCUT2D eigenvalue weighted by Crippen LogP contribution is -2.21. The molecule has 1 aromatic carbocycles.